The molecule has 4 nitrogen and oxygen atoms in total. The first-order valence-corrected chi connectivity index (χ1v) is 5.85. The maximum Gasteiger partial charge on any atom is 0.319 e. The molecule has 3 rings (SSSR count). The first-order chi connectivity index (χ1) is 8.25. The van der Waals surface area contributed by atoms with Crippen molar-refractivity contribution in [2.75, 3.05) is 11.9 Å². The van der Waals surface area contributed by atoms with Crippen LogP contribution in [0.2, 0.25) is 0 Å². The summed E-state index contributed by atoms with van der Waals surface area (Å²) >= 11 is 0. The normalized spacial score (nSPS) is 27.2. The van der Waals surface area contributed by atoms with Gasteiger partial charge in [0.05, 0.1) is 11.7 Å². The number of hydrogen-bond acceptors (Lipinski definition) is 2. The summed E-state index contributed by atoms with van der Waals surface area (Å²) < 4.78 is 13.6. The van der Waals surface area contributed by atoms with Gasteiger partial charge in [-0.1, -0.05) is 12.1 Å². The molecule has 2 unspecified atom stereocenters. The summed E-state index contributed by atoms with van der Waals surface area (Å²) in [5.41, 5.74) is 1.14. The SMILES string of the molecule is O=C1Nc2c(F)cccc2C(C2CCCN2)N1. The molecular weight excluding hydrogens is 221 g/mol. The molecule has 17 heavy (non-hydrogen) atoms. The van der Waals surface area contributed by atoms with E-state index in [0.29, 0.717) is 5.69 Å². The number of rotatable bonds is 1. The summed E-state index contributed by atoms with van der Waals surface area (Å²) in [6, 6.07) is 4.62. The number of fused-ring (bicyclic) bond motifs is 1. The van der Waals surface area contributed by atoms with Crippen molar-refractivity contribution in [3.05, 3.63) is 29.6 Å². The predicted molar refractivity (Wildman–Crippen MR) is 62.3 cm³/mol. The Labute approximate surface area is 98.6 Å². The molecule has 2 atom stereocenters. The number of para-hydroxylation sites is 1. The third kappa shape index (κ3) is 1.76. The maximum absolute atomic E-state index is 13.6. The largest absolute Gasteiger partial charge is 0.329 e. The van der Waals surface area contributed by atoms with Crippen LogP contribution in [0.3, 0.4) is 0 Å². The molecule has 0 bridgehead atoms. The minimum atomic E-state index is -0.375. The van der Waals surface area contributed by atoms with E-state index in [1.54, 1.807) is 6.07 Å². The van der Waals surface area contributed by atoms with Gasteiger partial charge in [-0.15, -0.1) is 0 Å². The van der Waals surface area contributed by atoms with Crippen molar-refractivity contribution in [2.24, 2.45) is 0 Å². The van der Waals surface area contributed by atoms with E-state index in [2.05, 4.69) is 16.0 Å². The van der Waals surface area contributed by atoms with Crippen LogP contribution in [0, 0.1) is 5.82 Å². The summed E-state index contributed by atoms with van der Waals surface area (Å²) in [5.74, 6) is -0.375. The summed E-state index contributed by atoms with van der Waals surface area (Å²) in [6.45, 7) is 0.953. The maximum atomic E-state index is 13.6. The highest BCUT2D eigenvalue weighted by atomic mass is 19.1. The zero-order valence-electron chi connectivity index (χ0n) is 9.29. The highest BCUT2D eigenvalue weighted by Gasteiger charge is 2.33. The van der Waals surface area contributed by atoms with Gasteiger partial charge in [0.2, 0.25) is 0 Å². The molecule has 1 fully saturated rings. The van der Waals surface area contributed by atoms with Gasteiger partial charge in [0.15, 0.2) is 0 Å². The molecule has 0 saturated carbocycles. The Balaban J connectivity index is 2.01. The van der Waals surface area contributed by atoms with Crippen LogP contribution in [0.15, 0.2) is 18.2 Å². The third-order valence-electron chi connectivity index (χ3n) is 3.41. The zero-order chi connectivity index (χ0) is 11.8. The van der Waals surface area contributed by atoms with Gasteiger partial charge in [-0.2, -0.15) is 0 Å². The molecule has 2 aliphatic heterocycles. The van der Waals surface area contributed by atoms with E-state index in [-0.39, 0.29) is 23.9 Å². The topological polar surface area (TPSA) is 53.2 Å². The van der Waals surface area contributed by atoms with Gasteiger partial charge in [-0.25, -0.2) is 9.18 Å². The van der Waals surface area contributed by atoms with Gasteiger partial charge in [0.1, 0.15) is 5.82 Å². The van der Waals surface area contributed by atoms with Crippen LogP contribution in [0.1, 0.15) is 24.4 Å². The van der Waals surface area contributed by atoms with Crippen LogP contribution in [0.4, 0.5) is 14.9 Å². The number of halogens is 1. The number of carbonyl (C=O) groups excluding carboxylic acids is 1. The molecule has 3 N–H and O–H groups in total. The van der Waals surface area contributed by atoms with E-state index in [0.717, 1.165) is 24.9 Å². The lowest BCUT2D eigenvalue weighted by Crippen LogP contribution is -2.46. The molecule has 0 aliphatic carbocycles. The molecular formula is C12H14FN3O. The van der Waals surface area contributed by atoms with Crippen LogP contribution in [-0.2, 0) is 0 Å². The fraction of sp³-hybridized carbons (Fsp3) is 0.417. The van der Waals surface area contributed by atoms with Gasteiger partial charge in [-0.05, 0) is 25.5 Å². The molecule has 5 heteroatoms. The average molecular weight is 235 g/mol. The second kappa shape index (κ2) is 4.00. The molecule has 2 amide bonds. The summed E-state index contributed by atoms with van der Waals surface area (Å²) in [6.07, 6.45) is 2.09. The standard InChI is InChI=1S/C12H14FN3O/c13-8-4-1-3-7-10(8)15-12(17)16-11(7)9-5-2-6-14-9/h1,3-4,9,11,14H,2,5-6H2,(H2,15,16,17). The summed E-state index contributed by atoms with van der Waals surface area (Å²) in [5, 5.41) is 8.73. The lowest BCUT2D eigenvalue weighted by Gasteiger charge is -2.31. The minimum absolute atomic E-state index is 0.142. The van der Waals surface area contributed by atoms with E-state index in [1.165, 1.54) is 6.07 Å². The van der Waals surface area contributed by atoms with Crippen molar-refractivity contribution in [1.82, 2.24) is 10.6 Å². The van der Waals surface area contributed by atoms with E-state index in [1.807, 2.05) is 6.07 Å². The van der Waals surface area contributed by atoms with Crippen LogP contribution >= 0.6 is 0 Å². The highest BCUT2D eigenvalue weighted by molar-refractivity contribution is 5.93. The number of benzene rings is 1. The Kier molecular flexibility index (Phi) is 2.48. The van der Waals surface area contributed by atoms with Crippen LogP contribution in [-0.4, -0.2) is 18.6 Å². The predicted octanol–water partition coefficient (Wildman–Crippen LogP) is 1.75. The number of carbonyl (C=O) groups is 1. The quantitative estimate of drug-likeness (QED) is 0.694. The van der Waals surface area contributed by atoms with Gasteiger partial charge in [-0.3, -0.25) is 0 Å². The number of anilines is 1. The Morgan fingerprint density at radius 3 is 3.00 bits per heavy atom. The zero-order valence-corrected chi connectivity index (χ0v) is 9.29. The molecule has 1 aromatic carbocycles. The lowest BCUT2D eigenvalue weighted by atomic mass is 9.95. The van der Waals surface area contributed by atoms with E-state index < -0.39 is 0 Å². The van der Waals surface area contributed by atoms with Crippen molar-refractivity contribution in [1.29, 1.82) is 0 Å². The number of nitrogens with one attached hydrogen (secondary N) is 3. The summed E-state index contributed by atoms with van der Waals surface area (Å²) in [7, 11) is 0. The van der Waals surface area contributed by atoms with Crippen LogP contribution in [0.5, 0.6) is 0 Å². The van der Waals surface area contributed by atoms with Crippen molar-refractivity contribution in [2.45, 2.75) is 24.9 Å². The molecule has 1 aromatic rings. The van der Waals surface area contributed by atoms with Gasteiger partial charge >= 0.3 is 6.03 Å². The molecule has 90 valence electrons. The van der Waals surface area contributed by atoms with Gasteiger partial charge in [0.25, 0.3) is 0 Å². The monoisotopic (exact) mass is 235 g/mol. The smallest absolute Gasteiger partial charge is 0.319 e. The second-order valence-electron chi connectivity index (χ2n) is 4.48. The minimum Gasteiger partial charge on any atom is -0.329 e. The lowest BCUT2D eigenvalue weighted by molar-refractivity contribution is 0.243. The van der Waals surface area contributed by atoms with Crippen molar-refractivity contribution >= 4 is 11.7 Å². The average Bonchev–Trinajstić information content (AvgIpc) is 2.83. The highest BCUT2D eigenvalue weighted by Crippen LogP contribution is 2.33. The van der Waals surface area contributed by atoms with Gasteiger partial charge < -0.3 is 16.0 Å². The van der Waals surface area contributed by atoms with Gasteiger partial charge in [0, 0.05) is 11.6 Å². The molecule has 0 aromatic heterocycles. The number of amides is 2. The molecule has 0 radical (unpaired) electrons. The Morgan fingerprint density at radius 2 is 2.24 bits per heavy atom. The molecule has 2 heterocycles. The fourth-order valence-electron chi connectivity index (χ4n) is 2.61. The number of hydrogen-bond donors (Lipinski definition) is 3. The Bertz CT molecular complexity index is 457. The first kappa shape index (κ1) is 10.5. The van der Waals surface area contributed by atoms with Crippen LogP contribution < -0.4 is 16.0 Å². The molecule has 0 spiro atoms. The van der Waals surface area contributed by atoms with Crippen molar-refractivity contribution in [3.63, 3.8) is 0 Å². The van der Waals surface area contributed by atoms with E-state index in [4.69, 9.17) is 0 Å². The van der Waals surface area contributed by atoms with Crippen LogP contribution in [0.25, 0.3) is 0 Å². The van der Waals surface area contributed by atoms with E-state index in [9.17, 15) is 9.18 Å². The van der Waals surface area contributed by atoms with Crippen molar-refractivity contribution < 1.29 is 9.18 Å². The molecule has 2 aliphatic rings. The molecule has 1 saturated heterocycles. The Morgan fingerprint density at radius 1 is 1.35 bits per heavy atom. The third-order valence-corrected chi connectivity index (χ3v) is 3.41. The van der Waals surface area contributed by atoms with Crippen molar-refractivity contribution in [3.8, 4) is 0 Å². The number of urea groups is 1. The van der Waals surface area contributed by atoms with E-state index >= 15 is 0 Å². The second-order valence-corrected chi connectivity index (χ2v) is 4.48. The summed E-state index contributed by atoms with van der Waals surface area (Å²) in [4.78, 5) is 11.5. The fourth-order valence-corrected chi connectivity index (χ4v) is 2.61. The Hall–Kier alpha value is -1.62. The first-order valence-electron chi connectivity index (χ1n) is 5.85.